The minimum Gasteiger partial charge on any atom is -0.324 e. The van der Waals surface area contributed by atoms with Crippen LogP contribution in [0.4, 0.5) is 24.8 Å². The van der Waals surface area contributed by atoms with Gasteiger partial charge in [0.25, 0.3) is 0 Å². The maximum absolute atomic E-state index is 12.9. The van der Waals surface area contributed by atoms with Crippen molar-refractivity contribution in [2.24, 2.45) is 0 Å². The van der Waals surface area contributed by atoms with Gasteiger partial charge in [0.1, 0.15) is 15.5 Å². The molecule has 3 aromatic rings. The maximum atomic E-state index is 12.9. The zero-order valence-corrected chi connectivity index (χ0v) is 18.1. The fourth-order valence-electron chi connectivity index (χ4n) is 3.45. The van der Waals surface area contributed by atoms with E-state index in [1.54, 1.807) is 18.3 Å². The van der Waals surface area contributed by atoms with Crippen LogP contribution in [0.25, 0.3) is 10.4 Å². The van der Waals surface area contributed by atoms with E-state index in [4.69, 9.17) is 0 Å². The molecule has 0 aliphatic carbocycles. The Labute approximate surface area is 181 Å². The highest BCUT2D eigenvalue weighted by Crippen LogP contribution is 2.37. The van der Waals surface area contributed by atoms with Crippen LogP contribution in [0, 0.1) is 6.92 Å². The SMILES string of the molecule is Cc1cc(Nc2nccc(C(F)(F)F)n2)cc(-c2cnc(C3CCS(=O)(=O)CC3)s2)c1. The van der Waals surface area contributed by atoms with Crippen LogP contribution < -0.4 is 5.32 Å². The summed E-state index contributed by atoms with van der Waals surface area (Å²) in [6, 6.07) is 6.38. The second-order valence-corrected chi connectivity index (χ2v) is 10.8. The lowest BCUT2D eigenvalue weighted by Crippen LogP contribution is -2.21. The minimum atomic E-state index is -4.55. The molecule has 0 radical (unpaired) electrons. The molecule has 1 aliphatic heterocycles. The van der Waals surface area contributed by atoms with Gasteiger partial charge >= 0.3 is 6.18 Å². The molecule has 1 aromatic carbocycles. The molecule has 1 aliphatic rings. The van der Waals surface area contributed by atoms with E-state index < -0.39 is 21.7 Å². The third kappa shape index (κ3) is 5.21. The highest BCUT2D eigenvalue weighted by molar-refractivity contribution is 7.91. The summed E-state index contributed by atoms with van der Waals surface area (Å²) in [6.07, 6.45) is -0.586. The number of anilines is 2. The number of aromatic nitrogens is 3. The third-order valence-electron chi connectivity index (χ3n) is 4.99. The second-order valence-electron chi connectivity index (χ2n) is 7.46. The Morgan fingerprint density at radius 2 is 1.87 bits per heavy atom. The zero-order chi connectivity index (χ0) is 22.2. The molecular formula is C20H19F3N4O2S2. The topological polar surface area (TPSA) is 84.8 Å². The predicted octanol–water partition coefficient (Wildman–Crippen LogP) is 4.96. The number of hydrogen-bond acceptors (Lipinski definition) is 7. The monoisotopic (exact) mass is 468 g/mol. The fourth-order valence-corrected chi connectivity index (χ4v) is 6.02. The van der Waals surface area contributed by atoms with E-state index in [0.717, 1.165) is 33.3 Å². The van der Waals surface area contributed by atoms with Crippen LogP contribution in [0.3, 0.4) is 0 Å². The summed E-state index contributed by atoms with van der Waals surface area (Å²) < 4.78 is 62.0. The quantitative estimate of drug-likeness (QED) is 0.582. The Morgan fingerprint density at radius 1 is 1.13 bits per heavy atom. The number of sulfone groups is 1. The molecule has 3 heterocycles. The first-order valence-corrected chi connectivity index (χ1v) is 12.2. The average Bonchev–Trinajstić information content (AvgIpc) is 3.17. The first kappa shape index (κ1) is 21.7. The summed E-state index contributed by atoms with van der Waals surface area (Å²) >= 11 is 1.51. The number of halogens is 3. The minimum absolute atomic E-state index is 0.128. The van der Waals surface area contributed by atoms with Gasteiger partial charge in [-0.3, -0.25) is 0 Å². The Balaban J connectivity index is 1.56. The number of alkyl halides is 3. The van der Waals surface area contributed by atoms with Crippen molar-refractivity contribution in [3.8, 4) is 10.4 Å². The summed E-state index contributed by atoms with van der Waals surface area (Å²) in [5, 5.41) is 3.75. The third-order valence-corrected chi connectivity index (χ3v) is 7.92. The smallest absolute Gasteiger partial charge is 0.324 e. The van der Waals surface area contributed by atoms with E-state index in [1.165, 1.54) is 11.3 Å². The number of thiazole rings is 1. The van der Waals surface area contributed by atoms with Crippen molar-refractivity contribution >= 4 is 32.8 Å². The van der Waals surface area contributed by atoms with Gasteiger partial charge in [-0.2, -0.15) is 13.2 Å². The van der Waals surface area contributed by atoms with Gasteiger partial charge < -0.3 is 5.32 Å². The Kier molecular flexibility index (Phi) is 5.73. The van der Waals surface area contributed by atoms with Crippen molar-refractivity contribution in [1.82, 2.24) is 15.0 Å². The van der Waals surface area contributed by atoms with Crippen LogP contribution in [0.2, 0.25) is 0 Å². The molecule has 0 spiro atoms. The predicted molar refractivity (Wildman–Crippen MR) is 113 cm³/mol. The first-order valence-electron chi connectivity index (χ1n) is 9.54. The molecule has 31 heavy (non-hydrogen) atoms. The van der Waals surface area contributed by atoms with Crippen LogP contribution in [-0.2, 0) is 16.0 Å². The lowest BCUT2D eigenvalue weighted by Gasteiger charge is -2.19. The van der Waals surface area contributed by atoms with Crippen molar-refractivity contribution in [2.75, 3.05) is 16.8 Å². The molecule has 6 nitrogen and oxygen atoms in total. The molecule has 1 fully saturated rings. The van der Waals surface area contributed by atoms with Gasteiger partial charge in [0.15, 0.2) is 0 Å². The average molecular weight is 469 g/mol. The summed E-state index contributed by atoms with van der Waals surface area (Å²) in [5.74, 6) is 0.354. The van der Waals surface area contributed by atoms with E-state index in [-0.39, 0.29) is 23.4 Å². The summed E-state index contributed by atoms with van der Waals surface area (Å²) in [4.78, 5) is 12.8. The molecule has 2 aromatic heterocycles. The molecule has 164 valence electrons. The molecule has 4 rings (SSSR count). The Morgan fingerprint density at radius 3 is 2.58 bits per heavy atom. The van der Waals surface area contributed by atoms with Crippen LogP contribution in [0.1, 0.15) is 35.0 Å². The van der Waals surface area contributed by atoms with Gasteiger partial charge in [-0.05, 0) is 49.1 Å². The number of nitrogens with one attached hydrogen (secondary N) is 1. The van der Waals surface area contributed by atoms with Crippen LogP contribution in [-0.4, -0.2) is 34.9 Å². The van der Waals surface area contributed by atoms with Gasteiger partial charge in [-0.15, -0.1) is 11.3 Å². The molecule has 0 saturated carbocycles. The van der Waals surface area contributed by atoms with Gasteiger partial charge in [0.2, 0.25) is 5.95 Å². The number of benzene rings is 1. The molecular weight excluding hydrogens is 449 g/mol. The molecule has 0 unspecified atom stereocenters. The van der Waals surface area contributed by atoms with Gasteiger partial charge in [0, 0.05) is 24.0 Å². The van der Waals surface area contributed by atoms with Crippen LogP contribution in [0.5, 0.6) is 0 Å². The lowest BCUT2D eigenvalue weighted by molar-refractivity contribution is -0.141. The number of nitrogens with zero attached hydrogens (tertiary/aromatic N) is 3. The largest absolute Gasteiger partial charge is 0.433 e. The summed E-state index contributed by atoms with van der Waals surface area (Å²) in [7, 11) is -2.94. The van der Waals surface area contributed by atoms with Gasteiger partial charge in [-0.25, -0.2) is 23.4 Å². The number of hydrogen-bond donors (Lipinski definition) is 1. The lowest BCUT2D eigenvalue weighted by atomic mass is 10.0. The molecule has 1 saturated heterocycles. The second kappa shape index (κ2) is 8.19. The van der Waals surface area contributed by atoms with E-state index in [1.807, 2.05) is 13.0 Å². The molecule has 1 N–H and O–H groups in total. The first-order chi connectivity index (χ1) is 14.6. The highest BCUT2D eigenvalue weighted by atomic mass is 32.2. The molecule has 11 heteroatoms. The normalized spacial score (nSPS) is 16.9. The molecule has 0 atom stereocenters. The zero-order valence-electron chi connectivity index (χ0n) is 16.5. The highest BCUT2D eigenvalue weighted by Gasteiger charge is 2.32. The van der Waals surface area contributed by atoms with Crippen molar-refractivity contribution in [3.05, 3.63) is 52.9 Å². The summed E-state index contributed by atoms with van der Waals surface area (Å²) in [6.45, 7) is 1.88. The maximum Gasteiger partial charge on any atom is 0.433 e. The molecule has 0 amide bonds. The van der Waals surface area contributed by atoms with Gasteiger partial charge in [0.05, 0.1) is 21.4 Å². The van der Waals surface area contributed by atoms with E-state index in [0.29, 0.717) is 18.5 Å². The van der Waals surface area contributed by atoms with E-state index in [2.05, 4.69) is 20.3 Å². The van der Waals surface area contributed by atoms with Gasteiger partial charge in [-0.1, -0.05) is 6.07 Å². The van der Waals surface area contributed by atoms with E-state index >= 15 is 0 Å². The summed E-state index contributed by atoms with van der Waals surface area (Å²) in [5.41, 5.74) is 1.32. The standard InChI is InChI=1S/C20H19F3N4O2S2/c1-12-8-14(16-11-25-18(30-16)13-3-6-31(28,29)7-4-13)10-15(9-12)26-19-24-5-2-17(27-19)20(21,22)23/h2,5,8-11,13H,3-4,6-7H2,1H3,(H,24,26,27). The number of aryl methyl sites for hydroxylation is 1. The van der Waals surface area contributed by atoms with Crippen LogP contribution in [0.15, 0.2) is 36.7 Å². The van der Waals surface area contributed by atoms with E-state index in [9.17, 15) is 21.6 Å². The Hall–Kier alpha value is -2.53. The fraction of sp³-hybridized carbons (Fsp3) is 0.350. The molecule has 0 bridgehead atoms. The van der Waals surface area contributed by atoms with Crippen molar-refractivity contribution in [1.29, 1.82) is 0 Å². The van der Waals surface area contributed by atoms with Crippen molar-refractivity contribution < 1.29 is 21.6 Å². The van der Waals surface area contributed by atoms with Crippen molar-refractivity contribution in [3.63, 3.8) is 0 Å². The Bertz CT molecular complexity index is 1200. The number of rotatable bonds is 4. The van der Waals surface area contributed by atoms with Crippen molar-refractivity contribution in [2.45, 2.75) is 31.9 Å². The van der Waals surface area contributed by atoms with Crippen LogP contribution >= 0.6 is 11.3 Å².